The van der Waals surface area contributed by atoms with Crippen molar-refractivity contribution in [1.82, 2.24) is 24.1 Å². The molecule has 1 N–H and O–H groups in total. The summed E-state index contributed by atoms with van der Waals surface area (Å²) >= 11 is 1.33. The maximum atomic E-state index is 12.8. The molecule has 0 radical (unpaired) electrons. The second-order valence-corrected chi connectivity index (χ2v) is 8.92. The maximum absolute atomic E-state index is 12.8. The molecule has 3 heterocycles. The van der Waals surface area contributed by atoms with Gasteiger partial charge in [0.15, 0.2) is 22.1 Å². The number of para-hydroxylation sites is 1. The molecule has 1 amide bonds. The van der Waals surface area contributed by atoms with Crippen LogP contribution in [0.3, 0.4) is 0 Å². The van der Waals surface area contributed by atoms with Crippen LogP contribution >= 0.6 is 11.3 Å². The Balaban J connectivity index is 1.88. The summed E-state index contributed by atoms with van der Waals surface area (Å²) in [5.74, 6) is 0.361. The minimum atomic E-state index is -0.455. The molecule has 0 fully saturated rings. The van der Waals surface area contributed by atoms with Gasteiger partial charge < -0.3 is 4.57 Å². The van der Waals surface area contributed by atoms with Gasteiger partial charge in [0.1, 0.15) is 5.69 Å². The van der Waals surface area contributed by atoms with Crippen molar-refractivity contribution in [2.75, 3.05) is 4.90 Å². The highest BCUT2D eigenvalue weighted by Gasteiger charge is 2.23. The molecule has 178 valence electrons. The monoisotopic (exact) mass is 480 g/mol. The van der Waals surface area contributed by atoms with Crippen LogP contribution in [0.4, 0.5) is 10.8 Å². The lowest BCUT2D eigenvalue weighted by atomic mass is 10.3. The van der Waals surface area contributed by atoms with Crippen molar-refractivity contribution in [2.24, 2.45) is 0 Å². The molecule has 0 spiro atoms. The van der Waals surface area contributed by atoms with Crippen molar-refractivity contribution < 1.29 is 4.79 Å². The molecule has 0 aliphatic carbocycles. The van der Waals surface area contributed by atoms with Gasteiger partial charge >= 0.3 is 5.69 Å². The van der Waals surface area contributed by atoms with Crippen molar-refractivity contribution in [3.05, 3.63) is 56.5 Å². The summed E-state index contributed by atoms with van der Waals surface area (Å²) in [6, 6.07) is 9.33. The smallest absolute Gasteiger partial charge is 0.317 e. The minimum Gasteiger partial charge on any atom is -0.317 e. The van der Waals surface area contributed by atoms with Crippen LogP contribution in [0.15, 0.2) is 45.3 Å². The molecule has 4 aromatic rings. The molecule has 4 rings (SSSR count). The van der Waals surface area contributed by atoms with E-state index < -0.39 is 11.2 Å². The molecular formula is C24H28N6O3S. The summed E-state index contributed by atoms with van der Waals surface area (Å²) in [6.07, 6.45) is 3.48. The molecule has 10 heteroatoms. The van der Waals surface area contributed by atoms with Gasteiger partial charge in [0, 0.05) is 25.4 Å². The predicted molar refractivity (Wildman–Crippen MR) is 135 cm³/mol. The topological polar surface area (TPSA) is 106 Å². The number of nitrogens with one attached hydrogen (secondary N) is 1. The lowest BCUT2D eigenvalue weighted by molar-refractivity contribution is -0.115. The van der Waals surface area contributed by atoms with E-state index in [4.69, 9.17) is 9.97 Å². The Labute approximate surface area is 200 Å². The molecule has 0 saturated heterocycles. The van der Waals surface area contributed by atoms with Crippen molar-refractivity contribution in [1.29, 1.82) is 0 Å². The van der Waals surface area contributed by atoms with Gasteiger partial charge in [0.25, 0.3) is 5.56 Å². The standard InChI is InChI=1S/C24H28N6O3S/c1-4-6-13-28-19-21(29(14-7-5-2)23(33)27-22(19)32)26-20(28)18-15-34-24(25-18)30(16(3)31)17-11-9-8-10-12-17/h8-12,15H,4-7,13-14H2,1-3H3,(H,27,32,33). The van der Waals surface area contributed by atoms with E-state index in [1.807, 2.05) is 47.2 Å². The number of unbranched alkanes of at least 4 members (excludes halogenated alkanes) is 2. The van der Waals surface area contributed by atoms with Gasteiger partial charge in [-0.25, -0.2) is 14.8 Å². The van der Waals surface area contributed by atoms with Gasteiger partial charge in [0.2, 0.25) is 5.91 Å². The van der Waals surface area contributed by atoms with Gasteiger partial charge in [-0.05, 0) is 25.0 Å². The summed E-state index contributed by atoms with van der Waals surface area (Å²) in [4.78, 5) is 51.3. The number of hydrogen-bond acceptors (Lipinski definition) is 6. The molecule has 0 aliphatic rings. The number of hydrogen-bond donors (Lipinski definition) is 1. The normalized spacial score (nSPS) is 11.3. The average Bonchev–Trinajstić information content (AvgIpc) is 3.43. The van der Waals surface area contributed by atoms with Gasteiger partial charge in [0.05, 0.1) is 5.69 Å². The maximum Gasteiger partial charge on any atom is 0.330 e. The Morgan fingerprint density at radius 2 is 1.71 bits per heavy atom. The number of fused-ring (bicyclic) bond motifs is 1. The largest absolute Gasteiger partial charge is 0.330 e. The fourth-order valence-electron chi connectivity index (χ4n) is 3.90. The van der Waals surface area contributed by atoms with Crippen LogP contribution in [0.25, 0.3) is 22.7 Å². The SMILES string of the molecule is CCCCn1c(-c2csc(N(C(C)=O)c3ccccc3)n2)nc2c1c(=O)[nH]c(=O)n2CCCC. The van der Waals surface area contributed by atoms with Crippen molar-refractivity contribution in [2.45, 2.75) is 59.5 Å². The van der Waals surface area contributed by atoms with Crippen LogP contribution in [0, 0.1) is 0 Å². The zero-order valence-electron chi connectivity index (χ0n) is 19.6. The summed E-state index contributed by atoms with van der Waals surface area (Å²) in [6.45, 7) is 6.66. The number of benzene rings is 1. The first-order chi connectivity index (χ1) is 16.5. The number of nitrogens with zero attached hydrogens (tertiary/aromatic N) is 5. The Morgan fingerprint density at radius 3 is 2.35 bits per heavy atom. The third-order valence-electron chi connectivity index (χ3n) is 5.60. The number of rotatable bonds is 9. The number of imidazole rings is 1. The van der Waals surface area contributed by atoms with Crippen LogP contribution in [0.1, 0.15) is 46.5 Å². The predicted octanol–water partition coefficient (Wildman–Crippen LogP) is 4.29. The number of carbonyl (C=O) groups excluding carboxylic acids is 1. The molecule has 3 aromatic heterocycles. The lowest BCUT2D eigenvalue weighted by Gasteiger charge is -2.17. The second kappa shape index (κ2) is 10.2. The number of anilines is 2. The number of aromatic amines is 1. The minimum absolute atomic E-state index is 0.156. The first kappa shape index (κ1) is 23.6. The van der Waals surface area contributed by atoms with E-state index in [2.05, 4.69) is 11.9 Å². The summed E-state index contributed by atoms with van der Waals surface area (Å²) < 4.78 is 3.38. The van der Waals surface area contributed by atoms with E-state index in [1.165, 1.54) is 22.8 Å². The quantitative estimate of drug-likeness (QED) is 0.385. The highest BCUT2D eigenvalue weighted by Crippen LogP contribution is 2.33. The molecule has 0 atom stereocenters. The Hall–Kier alpha value is -3.53. The highest BCUT2D eigenvalue weighted by atomic mass is 32.1. The Morgan fingerprint density at radius 1 is 1.03 bits per heavy atom. The first-order valence-corrected chi connectivity index (χ1v) is 12.4. The third-order valence-corrected chi connectivity index (χ3v) is 6.42. The number of carbonyl (C=O) groups is 1. The van der Waals surface area contributed by atoms with Crippen LogP contribution in [-0.2, 0) is 17.9 Å². The Bertz CT molecular complexity index is 1420. The summed E-state index contributed by atoms with van der Waals surface area (Å²) in [5, 5.41) is 2.35. The molecule has 0 bridgehead atoms. The van der Waals surface area contributed by atoms with E-state index >= 15 is 0 Å². The fraction of sp³-hybridized carbons (Fsp3) is 0.375. The van der Waals surface area contributed by atoms with Crippen molar-refractivity contribution >= 4 is 39.2 Å². The molecular weight excluding hydrogens is 452 g/mol. The number of aromatic nitrogens is 5. The van der Waals surface area contributed by atoms with Gasteiger partial charge in [-0.3, -0.25) is 24.0 Å². The van der Waals surface area contributed by atoms with Crippen LogP contribution < -0.4 is 16.1 Å². The summed E-state index contributed by atoms with van der Waals surface area (Å²) in [5.41, 5.74) is 1.12. The number of amides is 1. The number of H-pyrrole nitrogens is 1. The zero-order chi connectivity index (χ0) is 24.2. The number of aryl methyl sites for hydroxylation is 2. The molecule has 0 unspecified atom stereocenters. The van der Waals surface area contributed by atoms with Crippen LogP contribution in [0.2, 0.25) is 0 Å². The van der Waals surface area contributed by atoms with E-state index in [-0.39, 0.29) is 5.91 Å². The molecule has 34 heavy (non-hydrogen) atoms. The zero-order valence-corrected chi connectivity index (χ0v) is 20.4. The van der Waals surface area contributed by atoms with Crippen molar-refractivity contribution in [3.8, 4) is 11.5 Å². The molecule has 9 nitrogen and oxygen atoms in total. The van der Waals surface area contributed by atoms with Gasteiger partial charge in [-0.1, -0.05) is 44.9 Å². The fourth-order valence-corrected chi connectivity index (χ4v) is 4.76. The Kier molecular flexibility index (Phi) is 7.06. The van der Waals surface area contributed by atoms with Crippen molar-refractivity contribution in [3.63, 3.8) is 0 Å². The van der Waals surface area contributed by atoms with E-state index in [0.29, 0.717) is 40.9 Å². The van der Waals surface area contributed by atoms with Crippen LogP contribution in [0.5, 0.6) is 0 Å². The van der Waals surface area contributed by atoms with E-state index in [0.717, 1.165) is 31.4 Å². The highest BCUT2D eigenvalue weighted by molar-refractivity contribution is 7.14. The van der Waals surface area contributed by atoms with E-state index in [1.54, 1.807) is 4.90 Å². The summed E-state index contributed by atoms with van der Waals surface area (Å²) in [7, 11) is 0. The lowest BCUT2D eigenvalue weighted by Crippen LogP contribution is -2.31. The third kappa shape index (κ3) is 4.45. The second-order valence-electron chi connectivity index (χ2n) is 8.08. The molecule has 1 aromatic carbocycles. The van der Waals surface area contributed by atoms with Crippen LogP contribution in [-0.4, -0.2) is 30.0 Å². The van der Waals surface area contributed by atoms with Gasteiger partial charge in [-0.2, -0.15) is 0 Å². The van der Waals surface area contributed by atoms with Gasteiger partial charge in [-0.15, -0.1) is 11.3 Å². The molecule has 0 saturated carbocycles. The van der Waals surface area contributed by atoms with E-state index in [9.17, 15) is 14.4 Å². The number of thiazole rings is 1. The first-order valence-electron chi connectivity index (χ1n) is 11.5. The average molecular weight is 481 g/mol. The molecule has 0 aliphatic heterocycles.